The number of hydrogen-bond donors (Lipinski definition) is 3. The molecule has 0 atom stereocenters. The Morgan fingerprint density at radius 2 is 2.17 bits per heavy atom. The maximum atomic E-state index is 10.7. The molecule has 0 radical (unpaired) electrons. The second-order valence-corrected chi connectivity index (χ2v) is 3.64. The van der Waals surface area contributed by atoms with Crippen molar-refractivity contribution in [1.29, 1.82) is 0 Å². The highest BCUT2D eigenvalue weighted by Crippen LogP contribution is 1.84. The summed E-state index contributed by atoms with van der Waals surface area (Å²) in [5.74, 6) is 4.33. The third-order valence-electron chi connectivity index (χ3n) is 1.04. The monoisotopic (exact) mass is 193 g/mol. The van der Waals surface area contributed by atoms with Gasteiger partial charge in [-0.05, 0) is 0 Å². The highest BCUT2D eigenvalue weighted by molar-refractivity contribution is 7.92. The zero-order valence-corrected chi connectivity index (χ0v) is 7.23. The van der Waals surface area contributed by atoms with Crippen LogP contribution >= 0.6 is 0 Å². The number of nitrogens with two attached hydrogens (primary N) is 1. The number of carbonyl (C=O) groups excluding carboxylic acids is 1. The molecule has 0 aliphatic rings. The van der Waals surface area contributed by atoms with Crippen molar-refractivity contribution in [3.05, 3.63) is 12.0 Å². The van der Waals surface area contributed by atoms with Crippen LogP contribution in [0.4, 0.5) is 0 Å². The Balaban J connectivity index is 3.71. The Labute approximate surface area is 70.8 Å². The molecule has 0 heterocycles. The van der Waals surface area contributed by atoms with Crippen LogP contribution in [-0.4, -0.2) is 20.9 Å². The molecule has 12 heavy (non-hydrogen) atoms. The molecular formula is C5H11N3O3S. The molecule has 0 fully saturated rings. The summed E-state index contributed by atoms with van der Waals surface area (Å²) in [6.07, 6.45) is 0.00354. The fourth-order valence-electron chi connectivity index (χ4n) is 0.438. The third-order valence-corrected chi connectivity index (χ3v) is 2.08. The predicted octanol–water partition coefficient (Wildman–Crippen LogP) is -1.57. The Hall–Kier alpha value is -0.920. The van der Waals surface area contributed by atoms with Gasteiger partial charge < -0.3 is 0 Å². The lowest BCUT2D eigenvalue weighted by molar-refractivity contribution is -0.120. The summed E-state index contributed by atoms with van der Waals surface area (Å²) in [6.45, 7) is 3.09. The van der Waals surface area contributed by atoms with Crippen molar-refractivity contribution < 1.29 is 13.2 Å². The smallest absolute Gasteiger partial charge is 0.235 e. The molecule has 4 N–H and O–H groups in total. The van der Waals surface area contributed by atoms with Crippen LogP contribution in [0.1, 0.15) is 6.42 Å². The molecule has 0 rings (SSSR count). The van der Waals surface area contributed by atoms with E-state index in [1.807, 2.05) is 5.43 Å². The van der Waals surface area contributed by atoms with Crippen LogP contribution in [-0.2, 0) is 14.8 Å². The molecule has 6 nitrogen and oxygen atoms in total. The maximum absolute atomic E-state index is 10.7. The van der Waals surface area contributed by atoms with Crippen LogP contribution < -0.4 is 16.0 Å². The van der Waals surface area contributed by atoms with Gasteiger partial charge in [0.15, 0.2) is 0 Å². The average Bonchev–Trinajstić information content (AvgIpc) is 2.04. The summed E-state index contributed by atoms with van der Waals surface area (Å²) in [6, 6.07) is 0. The van der Waals surface area contributed by atoms with Gasteiger partial charge in [0.25, 0.3) is 0 Å². The first-order valence-electron chi connectivity index (χ1n) is 3.13. The second-order valence-electron chi connectivity index (χ2n) is 1.92. The molecule has 0 unspecified atom stereocenters. The molecule has 0 aromatic rings. The van der Waals surface area contributed by atoms with Crippen LogP contribution in [0.25, 0.3) is 0 Å². The van der Waals surface area contributed by atoms with Crippen molar-refractivity contribution in [2.24, 2.45) is 5.84 Å². The summed E-state index contributed by atoms with van der Waals surface area (Å²) in [5.41, 5.74) is 1.87. The summed E-state index contributed by atoms with van der Waals surface area (Å²) >= 11 is 0. The SMILES string of the molecule is C=CS(=O)(=O)NCCC(=O)NN. The Morgan fingerprint density at radius 1 is 1.58 bits per heavy atom. The van der Waals surface area contributed by atoms with E-state index < -0.39 is 15.9 Å². The molecule has 1 amide bonds. The summed E-state index contributed by atoms with van der Waals surface area (Å²) in [7, 11) is -3.43. The zero-order valence-electron chi connectivity index (χ0n) is 6.41. The lowest BCUT2D eigenvalue weighted by Gasteiger charge is -2.00. The number of nitrogens with one attached hydrogen (secondary N) is 2. The normalized spacial score (nSPS) is 10.8. The van der Waals surface area contributed by atoms with E-state index in [1.165, 1.54) is 0 Å². The van der Waals surface area contributed by atoms with Crippen molar-refractivity contribution in [3.63, 3.8) is 0 Å². The van der Waals surface area contributed by atoms with E-state index in [0.717, 1.165) is 5.41 Å². The topological polar surface area (TPSA) is 101 Å². The lowest BCUT2D eigenvalue weighted by Crippen LogP contribution is -2.33. The van der Waals surface area contributed by atoms with E-state index in [0.29, 0.717) is 0 Å². The molecule has 0 spiro atoms. The van der Waals surface area contributed by atoms with Crippen molar-refractivity contribution >= 4 is 15.9 Å². The minimum Gasteiger partial charge on any atom is -0.294 e. The van der Waals surface area contributed by atoms with Gasteiger partial charge >= 0.3 is 0 Å². The first kappa shape index (κ1) is 11.1. The quantitative estimate of drug-likeness (QED) is 0.279. The number of hydrogen-bond acceptors (Lipinski definition) is 4. The molecule has 0 aliphatic heterocycles. The van der Waals surface area contributed by atoms with Gasteiger partial charge in [-0.25, -0.2) is 19.0 Å². The number of amides is 1. The standard InChI is InChI=1S/C5H11N3O3S/c1-2-12(10,11)7-4-3-5(9)8-6/h2,7H,1,3-4,6H2,(H,8,9). The summed E-state index contributed by atoms with van der Waals surface area (Å²) < 4.78 is 23.5. The van der Waals surface area contributed by atoms with E-state index in [1.54, 1.807) is 0 Å². The van der Waals surface area contributed by atoms with E-state index in [9.17, 15) is 13.2 Å². The lowest BCUT2D eigenvalue weighted by atomic mass is 10.4. The van der Waals surface area contributed by atoms with Gasteiger partial charge in [-0.3, -0.25) is 10.2 Å². The zero-order chi connectivity index (χ0) is 9.61. The van der Waals surface area contributed by atoms with Crippen LogP contribution in [0, 0.1) is 0 Å². The van der Waals surface area contributed by atoms with Crippen molar-refractivity contribution in [2.75, 3.05) is 6.54 Å². The van der Waals surface area contributed by atoms with Gasteiger partial charge in [-0.15, -0.1) is 0 Å². The van der Waals surface area contributed by atoms with E-state index in [-0.39, 0.29) is 13.0 Å². The molecular weight excluding hydrogens is 182 g/mol. The van der Waals surface area contributed by atoms with Crippen molar-refractivity contribution in [3.8, 4) is 0 Å². The molecule has 0 aromatic carbocycles. The minimum absolute atomic E-state index is 0.00354. The van der Waals surface area contributed by atoms with Gasteiger partial charge in [0.05, 0.1) is 0 Å². The van der Waals surface area contributed by atoms with Crippen LogP contribution in [0.2, 0.25) is 0 Å². The average molecular weight is 193 g/mol. The number of rotatable bonds is 5. The van der Waals surface area contributed by atoms with Crippen LogP contribution in [0.3, 0.4) is 0 Å². The minimum atomic E-state index is -3.43. The Kier molecular flexibility index (Phi) is 4.49. The third kappa shape index (κ3) is 4.83. The number of sulfonamides is 1. The van der Waals surface area contributed by atoms with Crippen molar-refractivity contribution in [2.45, 2.75) is 6.42 Å². The van der Waals surface area contributed by atoms with Gasteiger partial charge in [-0.2, -0.15) is 0 Å². The largest absolute Gasteiger partial charge is 0.294 e. The molecule has 0 bridgehead atoms. The van der Waals surface area contributed by atoms with E-state index in [4.69, 9.17) is 5.84 Å². The van der Waals surface area contributed by atoms with Crippen LogP contribution in [0.15, 0.2) is 12.0 Å². The van der Waals surface area contributed by atoms with E-state index in [2.05, 4.69) is 11.3 Å². The first-order chi connectivity index (χ1) is 5.52. The molecule has 0 saturated carbocycles. The number of hydrazine groups is 1. The summed E-state index contributed by atoms with van der Waals surface area (Å²) in [5, 5.41) is 0.771. The van der Waals surface area contributed by atoms with Crippen LogP contribution in [0.5, 0.6) is 0 Å². The molecule has 7 heteroatoms. The maximum Gasteiger partial charge on any atom is 0.235 e. The van der Waals surface area contributed by atoms with Gasteiger partial charge in [0, 0.05) is 18.4 Å². The van der Waals surface area contributed by atoms with Gasteiger partial charge in [0.2, 0.25) is 15.9 Å². The number of carbonyl (C=O) groups is 1. The highest BCUT2D eigenvalue weighted by Gasteiger charge is 2.04. The molecule has 70 valence electrons. The first-order valence-corrected chi connectivity index (χ1v) is 4.68. The second kappa shape index (κ2) is 4.86. The molecule has 0 aliphatic carbocycles. The van der Waals surface area contributed by atoms with Gasteiger partial charge in [0.1, 0.15) is 0 Å². The molecule has 0 aromatic heterocycles. The van der Waals surface area contributed by atoms with Gasteiger partial charge in [-0.1, -0.05) is 6.58 Å². The highest BCUT2D eigenvalue weighted by atomic mass is 32.2. The Morgan fingerprint density at radius 3 is 2.58 bits per heavy atom. The Bertz CT molecular complexity index is 259. The van der Waals surface area contributed by atoms with E-state index >= 15 is 0 Å². The van der Waals surface area contributed by atoms with Crippen molar-refractivity contribution in [1.82, 2.24) is 10.1 Å². The molecule has 0 saturated heterocycles. The fourth-order valence-corrected chi connectivity index (χ4v) is 0.942. The summed E-state index contributed by atoms with van der Waals surface area (Å²) in [4.78, 5) is 10.5. The fraction of sp³-hybridized carbons (Fsp3) is 0.400. The predicted molar refractivity (Wildman–Crippen MR) is 44.1 cm³/mol.